The Hall–Kier alpha value is -1.39. The lowest BCUT2D eigenvalue weighted by Gasteiger charge is -2.29. The van der Waals surface area contributed by atoms with E-state index in [1.165, 1.54) is 0 Å². The van der Waals surface area contributed by atoms with Crippen molar-refractivity contribution in [1.82, 2.24) is 4.98 Å². The predicted molar refractivity (Wildman–Crippen MR) is 66.2 cm³/mol. The lowest BCUT2D eigenvalue weighted by Crippen LogP contribution is -2.18. The van der Waals surface area contributed by atoms with Crippen LogP contribution in [0.5, 0.6) is 5.75 Å². The minimum Gasteiger partial charge on any atom is -0.484 e. The summed E-state index contributed by atoms with van der Waals surface area (Å²) in [6.45, 7) is 2.02. The third kappa shape index (κ3) is 1.94. The number of aryl methyl sites for hydroxylation is 1. The summed E-state index contributed by atoms with van der Waals surface area (Å²) >= 11 is 1.56. The number of rotatable bonds is 1. The third-order valence-corrected chi connectivity index (χ3v) is 3.87. The predicted octanol–water partition coefficient (Wildman–Crippen LogP) is 3.01. The molecule has 0 amide bonds. The first kappa shape index (κ1) is 10.7. The zero-order chi connectivity index (χ0) is 11.8. The van der Waals surface area contributed by atoms with E-state index in [0.717, 1.165) is 21.8 Å². The highest BCUT2D eigenvalue weighted by Gasteiger charge is 2.28. The summed E-state index contributed by atoms with van der Waals surface area (Å²) in [6, 6.07) is 5.92. The van der Waals surface area contributed by atoms with Gasteiger partial charge in [-0.3, -0.25) is 4.98 Å². The first-order valence-electron chi connectivity index (χ1n) is 5.57. The van der Waals surface area contributed by atoms with E-state index in [-0.39, 0.29) is 6.10 Å². The van der Waals surface area contributed by atoms with E-state index in [1.54, 1.807) is 23.0 Å². The van der Waals surface area contributed by atoms with Gasteiger partial charge in [0.05, 0.1) is 16.5 Å². The van der Waals surface area contributed by atoms with Gasteiger partial charge in [-0.1, -0.05) is 11.6 Å². The Morgan fingerprint density at radius 1 is 1.47 bits per heavy atom. The van der Waals surface area contributed by atoms with E-state index < -0.39 is 6.10 Å². The molecule has 1 aliphatic rings. The van der Waals surface area contributed by atoms with E-state index in [0.29, 0.717) is 6.42 Å². The summed E-state index contributed by atoms with van der Waals surface area (Å²) in [7, 11) is 0. The highest BCUT2D eigenvalue weighted by atomic mass is 32.1. The zero-order valence-electron chi connectivity index (χ0n) is 9.46. The first-order valence-corrected chi connectivity index (χ1v) is 6.45. The largest absolute Gasteiger partial charge is 0.484 e. The fraction of sp³-hybridized carbons (Fsp3) is 0.308. The lowest BCUT2D eigenvalue weighted by atomic mass is 9.97. The zero-order valence-corrected chi connectivity index (χ0v) is 10.3. The van der Waals surface area contributed by atoms with Gasteiger partial charge in [-0.25, -0.2) is 0 Å². The van der Waals surface area contributed by atoms with Crippen LogP contribution in [0.15, 0.2) is 29.9 Å². The molecule has 1 unspecified atom stereocenters. The maximum absolute atomic E-state index is 10.2. The third-order valence-electron chi connectivity index (χ3n) is 3.00. The van der Waals surface area contributed by atoms with Gasteiger partial charge in [0.25, 0.3) is 0 Å². The monoisotopic (exact) mass is 247 g/mol. The van der Waals surface area contributed by atoms with E-state index in [2.05, 4.69) is 4.98 Å². The second-order valence-electron chi connectivity index (χ2n) is 4.30. The Balaban J connectivity index is 1.96. The SMILES string of the molecule is Cc1ccc2c(c1)[C@@H](O)CC(c1cncs1)O2. The Kier molecular flexibility index (Phi) is 2.61. The van der Waals surface area contributed by atoms with Gasteiger partial charge in [-0.05, 0) is 19.1 Å². The second kappa shape index (κ2) is 4.13. The summed E-state index contributed by atoms with van der Waals surface area (Å²) in [5.74, 6) is 0.785. The van der Waals surface area contributed by atoms with Crippen molar-refractivity contribution in [3.8, 4) is 5.75 Å². The summed E-state index contributed by atoms with van der Waals surface area (Å²) in [4.78, 5) is 5.11. The minimum absolute atomic E-state index is 0.0762. The Labute approximate surface area is 104 Å². The molecule has 0 saturated heterocycles. The first-order chi connectivity index (χ1) is 8.24. The van der Waals surface area contributed by atoms with Gasteiger partial charge >= 0.3 is 0 Å². The van der Waals surface area contributed by atoms with Crippen LogP contribution in [0, 0.1) is 6.92 Å². The fourth-order valence-electron chi connectivity index (χ4n) is 2.13. The standard InChI is InChI=1S/C13H13NO2S/c1-8-2-3-11-9(4-8)10(15)5-12(16-11)13-6-14-7-17-13/h2-4,6-7,10,12,15H,5H2,1H3/t10-,12?/m0/s1. The highest BCUT2D eigenvalue weighted by Crippen LogP contribution is 2.41. The topological polar surface area (TPSA) is 42.4 Å². The molecule has 4 heteroatoms. The van der Waals surface area contributed by atoms with Crippen LogP contribution in [0.1, 0.15) is 34.6 Å². The average molecular weight is 247 g/mol. The number of hydrogen-bond donors (Lipinski definition) is 1. The van der Waals surface area contributed by atoms with Gasteiger partial charge in [-0.15, -0.1) is 11.3 Å². The lowest BCUT2D eigenvalue weighted by molar-refractivity contribution is 0.0673. The van der Waals surface area contributed by atoms with Crippen molar-refractivity contribution in [1.29, 1.82) is 0 Å². The Morgan fingerprint density at radius 3 is 3.12 bits per heavy atom. The van der Waals surface area contributed by atoms with Gasteiger partial charge in [-0.2, -0.15) is 0 Å². The maximum Gasteiger partial charge on any atom is 0.137 e. The van der Waals surface area contributed by atoms with E-state index in [9.17, 15) is 5.11 Å². The van der Waals surface area contributed by atoms with Gasteiger partial charge in [0.2, 0.25) is 0 Å². The molecule has 2 atom stereocenters. The average Bonchev–Trinajstić information content (AvgIpc) is 2.83. The molecule has 0 saturated carbocycles. The van der Waals surface area contributed by atoms with Crippen molar-refractivity contribution in [2.75, 3.05) is 0 Å². The second-order valence-corrected chi connectivity index (χ2v) is 5.22. The molecule has 2 aromatic rings. The number of hydrogen-bond acceptors (Lipinski definition) is 4. The quantitative estimate of drug-likeness (QED) is 0.842. The van der Waals surface area contributed by atoms with Gasteiger partial charge in [0, 0.05) is 18.2 Å². The summed E-state index contributed by atoms with van der Waals surface area (Å²) in [5.41, 5.74) is 3.82. The van der Waals surface area contributed by atoms with Crippen molar-refractivity contribution in [3.05, 3.63) is 45.9 Å². The van der Waals surface area contributed by atoms with Gasteiger partial charge < -0.3 is 9.84 Å². The van der Waals surface area contributed by atoms with Crippen molar-refractivity contribution in [2.24, 2.45) is 0 Å². The number of nitrogens with zero attached hydrogens (tertiary/aromatic N) is 1. The molecule has 3 nitrogen and oxygen atoms in total. The normalized spacial score (nSPS) is 22.9. The number of aliphatic hydroxyl groups excluding tert-OH is 1. The molecular formula is C13H13NO2S. The van der Waals surface area contributed by atoms with Crippen LogP contribution in [0.2, 0.25) is 0 Å². The number of fused-ring (bicyclic) bond motifs is 1. The van der Waals surface area contributed by atoms with Crippen molar-refractivity contribution < 1.29 is 9.84 Å². The van der Waals surface area contributed by atoms with Crippen molar-refractivity contribution >= 4 is 11.3 Å². The van der Waals surface area contributed by atoms with Crippen LogP contribution in [0.25, 0.3) is 0 Å². The van der Waals surface area contributed by atoms with E-state index >= 15 is 0 Å². The summed E-state index contributed by atoms with van der Waals surface area (Å²) in [6.07, 6.45) is 1.87. The molecule has 0 spiro atoms. The van der Waals surface area contributed by atoms with Crippen LogP contribution in [0.3, 0.4) is 0 Å². The van der Waals surface area contributed by atoms with Crippen LogP contribution < -0.4 is 4.74 Å². The van der Waals surface area contributed by atoms with Crippen LogP contribution in [0.4, 0.5) is 0 Å². The molecule has 17 heavy (non-hydrogen) atoms. The molecule has 88 valence electrons. The molecular weight excluding hydrogens is 234 g/mol. The number of ether oxygens (including phenoxy) is 1. The molecule has 0 radical (unpaired) electrons. The van der Waals surface area contributed by atoms with E-state index in [1.807, 2.05) is 25.1 Å². The highest BCUT2D eigenvalue weighted by molar-refractivity contribution is 7.09. The number of aliphatic hydroxyl groups is 1. The van der Waals surface area contributed by atoms with Crippen LogP contribution in [-0.4, -0.2) is 10.1 Å². The molecule has 1 aliphatic heterocycles. The van der Waals surface area contributed by atoms with Gasteiger partial charge in [0.15, 0.2) is 0 Å². The maximum atomic E-state index is 10.2. The molecule has 1 N–H and O–H groups in total. The Bertz CT molecular complexity index is 524. The van der Waals surface area contributed by atoms with Crippen LogP contribution >= 0.6 is 11.3 Å². The molecule has 1 aromatic heterocycles. The van der Waals surface area contributed by atoms with Crippen LogP contribution in [-0.2, 0) is 0 Å². The molecule has 0 fully saturated rings. The Morgan fingerprint density at radius 2 is 2.35 bits per heavy atom. The molecule has 2 heterocycles. The molecule has 3 rings (SSSR count). The van der Waals surface area contributed by atoms with Gasteiger partial charge in [0.1, 0.15) is 11.9 Å². The molecule has 1 aromatic carbocycles. The molecule has 0 bridgehead atoms. The number of thiazole rings is 1. The minimum atomic E-state index is -0.453. The summed E-state index contributed by atoms with van der Waals surface area (Å²) < 4.78 is 5.91. The van der Waals surface area contributed by atoms with E-state index in [4.69, 9.17) is 4.74 Å². The van der Waals surface area contributed by atoms with Crippen molar-refractivity contribution in [2.45, 2.75) is 25.6 Å². The smallest absolute Gasteiger partial charge is 0.137 e. The number of benzene rings is 1. The van der Waals surface area contributed by atoms with Crippen molar-refractivity contribution in [3.63, 3.8) is 0 Å². The molecule has 0 aliphatic carbocycles. The summed E-state index contributed by atoms with van der Waals surface area (Å²) in [5, 5.41) is 10.2. The fourth-order valence-corrected chi connectivity index (χ4v) is 2.79. The number of aromatic nitrogens is 1.